The minimum absolute atomic E-state index is 0.683. The van der Waals surface area contributed by atoms with Crippen LogP contribution in [0.5, 0.6) is 0 Å². The zero-order valence-electron chi connectivity index (χ0n) is 5.96. The third-order valence-electron chi connectivity index (χ3n) is 1.66. The van der Waals surface area contributed by atoms with E-state index in [2.05, 4.69) is 22.0 Å². The van der Waals surface area contributed by atoms with Crippen LogP contribution >= 0.6 is 0 Å². The van der Waals surface area contributed by atoms with Gasteiger partial charge in [-0.2, -0.15) is 5.10 Å². The Kier molecular flexibility index (Phi) is 1.23. The summed E-state index contributed by atoms with van der Waals surface area (Å²) >= 11 is 0. The monoisotopic (exact) mass is 148 g/mol. The maximum absolute atomic E-state index is 9.32. The van der Waals surface area contributed by atoms with Crippen LogP contribution in [0.1, 0.15) is 18.4 Å². The number of nitrogens with one attached hydrogen (secondary N) is 1. The third-order valence-corrected chi connectivity index (χ3v) is 1.66. The van der Waals surface area contributed by atoms with Crippen LogP contribution < -0.4 is 0 Å². The smallest absolute Gasteiger partial charge is 0.126 e. The molecule has 1 heterocycles. The Labute approximate surface area is 64.4 Å². The van der Waals surface area contributed by atoms with Gasteiger partial charge >= 0.3 is 0 Å². The Morgan fingerprint density at radius 1 is 1.64 bits per heavy atom. The molecule has 0 spiro atoms. The van der Waals surface area contributed by atoms with Crippen LogP contribution in [0.25, 0.3) is 0 Å². The number of aromatic nitrogens is 2. The second kappa shape index (κ2) is 2.11. The highest BCUT2D eigenvalue weighted by Crippen LogP contribution is 2.33. The van der Waals surface area contributed by atoms with Crippen LogP contribution in [-0.4, -0.2) is 20.9 Å². The number of rotatable bonds is 0. The average Bonchev–Trinajstić information content (AvgIpc) is 2.53. The lowest BCUT2D eigenvalue weighted by Gasteiger charge is -1.89. The lowest BCUT2D eigenvalue weighted by Crippen LogP contribution is -2.00. The van der Waals surface area contributed by atoms with Gasteiger partial charge < -0.3 is 5.11 Å². The predicted molar refractivity (Wildman–Crippen MR) is 39.6 cm³/mol. The molecule has 0 aromatic carbocycles. The molecule has 1 fully saturated rings. The van der Waals surface area contributed by atoms with Gasteiger partial charge in [-0.1, -0.05) is 11.8 Å². The minimum atomic E-state index is -0.683. The lowest BCUT2D eigenvalue weighted by molar-refractivity contribution is 0.212. The van der Waals surface area contributed by atoms with Gasteiger partial charge in [0.2, 0.25) is 0 Å². The molecular weight excluding hydrogens is 140 g/mol. The van der Waals surface area contributed by atoms with E-state index in [0.29, 0.717) is 0 Å². The van der Waals surface area contributed by atoms with Crippen LogP contribution in [-0.2, 0) is 0 Å². The van der Waals surface area contributed by atoms with Gasteiger partial charge in [0.05, 0.1) is 11.8 Å². The van der Waals surface area contributed by atoms with Crippen molar-refractivity contribution < 1.29 is 5.11 Å². The van der Waals surface area contributed by atoms with E-state index in [-0.39, 0.29) is 0 Å². The first-order valence-corrected chi connectivity index (χ1v) is 3.53. The fourth-order valence-corrected chi connectivity index (χ4v) is 0.751. The van der Waals surface area contributed by atoms with Gasteiger partial charge in [0.15, 0.2) is 0 Å². The lowest BCUT2D eigenvalue weighted by atomic mass is 10.3. The van der Waals surface area contributed by atoms with Crippen molar-refractivity contribution in [2.24, 2.45) is 0 Å². The first-order valence-electron chi connectivity index (χ1n) is 3.53. The molecule has 0 radical (unpaired) electrons. The van der Waals surface area contributed by atoms with Gasteiger partial charge in [-0.25, -0.2) is 0 Å². The molecule has 1 aliphatic rings. The average molecular weight is 148 g/mol. The molecule has 3 nitrogen and oxygen atoms in total. The summed E-state index contributed by atoms with van der Waals surface area (Å²) in [5, 5.41) is 15.7. The Bertz CT molecular complexity index is 301. The van der Waals surface area contributed by atoms with Crippen LogP contribution in [0, 0.1) is 11.8 Å². The Balaban J connectivity index is 2.14. The van der Waals surface area contributed by atoms with E-state index in [9.17, 15) is 5.11 Å². The topological polar surface area (TPSA) is 48.9 Å². The summed E-state index contributed by atoms with van der Waals surface area (Å²) in [6.45, 7) is 0. The SMILES string of the molecule is OC1(C#Cc2cn[nH]c2)CC1. The molecule has 0 amide bonds. The van der Waals surface area contributed by atoms with Crippen molar-refractivity contribution in [2.75, 3.05) is 0 Å². The summed E-state index contributed by atoms with van der Waals surface area (Å²) in [5.41, 5.74) is 0.141. The van der Waals surface area contributed by atoms with Crippen LogP contribution in [0.15, 0.2) is 12.4 Å². The summed E-state index contributed by atoms with van der Waals surface area (Å²) in [7, 11) is 0. The van der Waals surface area contributed by atoms with E-state index >= 15 is 0 Å². The first-order chi connectivity index (χ1) is 5.29. The highest BCUT2D eigenvalue weighted by Gasteiger charge is 2.38. The van der Waals surface area contributed by atoms with Crippen molar-refractivity contribution >= 4 is 0 Å². The molecule has 3 heteroatoms. The van der Waals surface area contributed by atoms with E-state index in [1.807, 2.05) is 0 Å². The molecule has 1 aliphatic carbocycles. The number of aliphatic hydroxyl groups is 1. The molecule has 0 atom stereocenters. The molecule has 0 aliphatic heterocycles. The van der Waals surface area contributed by atoms with Gasteiger partial charge in [0.1, 0.15) is 5.60 Å². The van der Waals surface area contributed by atoms with E-state index < -0.39 is 5.60 Å². The fourth-order valence-electron chi connectivity index (χ4n) is 0.751. The van der Waals surface area contributed by atoms with Crippen molar-refractivity contribution in [2.45, 2.75) is 18.4 Å². The van der Waals surface area contributed by atoms with Crippen molar-refractivity contribution in [3.63, 3.8) is 0 Å². The maximum atomic E-state index is 9.32. The van der Waals surface area contributed by atoms with Crippen LogP contribution in [0.3, 0.4) is 0 Å². The molecule has 0 saturated heterocycles. The molecule has 11 heavy (non-hydrogen) atoms. The summed E-state index contributed by atoms with van der Waals surface area (Å²) in [6, 6.07) is 0. The molecule has 1 saturated carbocycles. The fraction of sp³-hybridized carbons (Fsp3) is 0.375. The Morgan fingerprint density at radius 3 is 3.00 bits per heavy atom. The zero-order chi connectivity index (χ0) is 7.73. The van der Waals surface area contributed by atoms with Crippen LogP contribution in [0.2, 0.25) is 0 Å². The summed E-state index contributed by atoms with van der Waals surface area (Å²) in [4.78, 5) is 0. The van der Waals surface area contributed by atoms with Gasteiger partial charge in [-0.3, -0.25) is 5.10 Å². The number of nitrogens with zero attached hydrogens (tertiary/aromatic N) is 1. The predicted octanol–water partition coefficient (Wildman–Crippen LogP) is 0.286. The first kappa shape index (κ1) is 6.44. The minimum Gasteiger partial charge on any atom is -0.378 e. The summed E-state index contributed by atoms with van der Waals surface area (Å²) < 4.78 is 0. The molecule has 0 bridgehead atoms. The van der Waals surface area contributed by atoms with Crippen molar-refractivity contribution in [1.29, 1.82) is 0 Å². The van der Waals surface area contributed by atoms with E-state index in [1.165, 1.54) is 0 Å². The number of H-pyrrole nitrogens is 1. The largest absolute Gasteiger partial charge is 0.378 e. The van der Waals surface area contributed by atoms with Crippen LogP contribution in [0.4, 0.5) is 0 Å². The highest BCUT2D eigenvalue weighted by molar-refractivity contribution is 5.34. The van der Waals surface area contributed by atoms with E-state index in [1.54, 1.807) is 12.4 Å². The van der Waals surface area contributed by atoms with Crippen molar-refractivity contribution in [1.82, 2.24) is 10.2 Å². The Hall–Kier alpha value is -1.27. The van der Waals surface area contributed by atoms with E-state index in [4.69, 9.17) is 0 Å². The van der Waals surface area contributed by atoms with Gasteiger partial charge in [0.25, 0.3) is 0 Å². The molecule has 0 unspecified atom stereocenters. The molecule has 2 N–H and O–H groups in total. The van der Waals surface area contributed by atoms with Gasteiger partial charge in [0, 0.05) is 6.20 Å². The molecule has 56 valence electrons. The normalized spacial score (nSPS) is 18.6. The molecule has 1 aromatic rings. The standard InChI is InChI=1S/C8H8N2O/c11-8(3-4-8)2-1-7-5-9-10-6-7/h5-6,11H,3-4H2,(H,9,10). The second-order valence-electron chi connectivity index (χ2n) is 2.77. The number of hydrogen-bond donors (Lipinski definition) is 2. The molecule has 2 rings (SSSR count). The zero-order valence-corrected chi connectivity index (χ0v) is 5.96. The maximum Gasteiger partial charge on any atom is 0.126 e. The van der Waals surface area contributed by atoms with Crippen molar-refractivity contribution in [3.05, 3.63) is 18.0 Å². The van der Waals surface area contributed by atoms with Gasteiger partial charge in [-0.15, -0.1) is 0 Å². The quantitative estimate of drug-likeness (QED) is 0.519. The van der Waals surface area contributed by atoms with Gasteiger partial charge in [-0.05, 0) is 12.8 Å². The summed E-state index contributed by atoms with van der Waals surface area (Å²) in [6.07, 6.45) is 4.95. The second-order valence-corrected chi connectivity index (χ2v) is 2.77. The number of hydrogen-bond acceptors (Lipinski definition) is 2. The molecular formula is C8H8N2O. The summed E-state index contributed by atoms with van der Waals surface area (Å²) in [5.74, 6) is 5.61. The highest BCUT2D eigenvalue weighted by atomic mass is 16.3. The third kappa shape index (κ3) is 1.41. The van der Waals surface area contributed by atoms with Crippen molar-refractivity contribution in [3.8, 4) is 11.8 Å². The Morgan fingerprint density at radius 2 is 2.45 bits per heavy atom. The molecule has 1 aromatic heterocycles. The van der Waals surface area contributed by atoms with E-state index in [0.717, 1.165) is 18.4 Å². The number of aromatic amines is 1.